The summed E-state index contributed by atoms with van der Waals surface area (Å²) in [6.07, 6.45) is 0.264. The summed E-state index contributed by atoms with van der Waals surface area (Å²) in [5.74, 6) is 0.482. The number of carbonyl (C=O) groups is 1. The number of aliphatic hydroxyl groups excluding tert-OH is 1. The van der Waals surface area contributed by atoms with Crippen LogP contribution in [0.3, 0.4) is 0 Å². The number of aliphatic hydroxyl groups is 1. The highest BCUT2D eigenvalue weighted by atomic mass is 35.5. The normalized spacial score (nSPS) is 15.7. The molecule has 8 heteroatoms. The number of ether oxygens (including phenoxy) is 1. The number of carbonyl (C=O) groups excluding carboxylic acids is 1. The van der Waals surface area contributed by atoms with Crippen molar-refractivity contribution in [2.45, 2.75) is 45.3 Å². The van der Waals surface area contributed by atoms with Crippen LogP contribution in [-0.2, 0) is 4.79 Å². The SMILES string of the molecule is CC(C)(C)NCC(O)COc1ccc(Cl)cc1C1=NNC(=O)CC1.Cl. The largest absolute Gasteiger partial charge is 0.490 e. The highest BCUT2D eigenvalue weighted by Gasteiger charge is 2.18. The molecule has 2 rings (SSSR count). The molecule has 0 aliphatic carbocycles. The van der Waals surface area contributed by atoms with E-state index in [0.29, 0.717) is 30.2 Å². The van der Waals surface area contributed by atoms with Gasteiger partial charge in [0.2, 0.25) is 5.91 Å². The third-order valence-electron chi connectivity index (χ3n) is 3.46. The van der Waals surface area contributed by atoms with Crippen molar-refractivity contribution in [3.05, 3.63) is 28.8 Å². The van der Waals surface area contributed by atoms with Gasteiger partial charge in [0.1, 0.15) is 18.5 Å². The zero-order valence-electron chi connectivity index (χ0n) is 14.6. The Balaban J connectivity index is 0.00000312. The van der Waals surface area contributed by atoms with Crippen molar-refractivity contribution in [3.8, 4) is 5.75 Å². The predicted octanol–water partition coefficient (Wildman–Crippen LogP) is 2.50. The lowest BCUT2D eigenvalue weighted by Gasteiger charge is -2.23. The fourth-order valence-corrected chi connectivity index (χ4v) is 2.36. The van der Waals surface area contributed by atoms with E-state index in [0.717, 1.165) is 11.3 Å². The zero-order chi connectivity index (χ0) is 17.7. The lowest BCUT2D eigenvalue weighted by atomic mass is 10.0. The van der Waals surface area contributed by atoms with E-state index in [1.165, 1.54) is 0 Å². The molecule has 0 radical (unpaired) electrons. The Bertz CT molecular complexity index is 630. The molecule has 1 aromatic rings. The molecular formula is C17H25Cl2N3O3. The number of benzene rings is 1. The van der Waals surface area contributed by atoms with E-state index < -0.39 is 6.10 Å². The molecule has 0 saturated heterocycles. The fourth-order valence-electron chi connectivity index (χ4n) is 2.19. The summed E-state index contributed by atoms with van der Waals surface area (Å²) in [6, 6.07) is 5.23. The number of nitrogens with zero attached hydrogens (tertiary/aromatic N) is 1. The van der Waals surface area contributed by atoms with Crippen LogP contribution >= 0.6 is 24.0 Å². The van der Waals surface area contributed by atoms with Gasteiger partial charge in [0.05, 0.1) is 5.71 Å². The summed E-state index contributed by atoms with van der Waals surface area (Å²) in [6.45, 7) is 6.69. The van der Waals surface area contributed by atoms with E-state index in [-0.39, 0.29) is 30.5 Å². The molecule has 25 heavy (non-hydrogen) atoms. The Labute approximate surface area is 159 Å². The number of amides is 1. The van der Waals surface area contributed by atoms with Gasteiger partial charge >= 0.3 is 0 Å². The van der Waals surface area contributed by atoms with Gasteiger partial charge in [0.25, 0.3) is 0 Å². The summed E-state index contributed by atoms with van der Waals surface area (Å²) < 4.78 is 5.76. The van der Waals surface area contributed by atoms with Gasteiger partial charge < -0.3 is 15.2 Å². The van der Waals surface area contributed by atoms with Gasteiger partial charge in [0, 0.05) is 35.5 Å². The molecule has 0 aromatic heterocycles. The van der Waals surface area contributed by atoms with E-state index in [1.807, 2.05) is 20.8 Å². The van der Waals surface area contributed by atoms with Crippen LogP contribution < -0.4 is 15.5 Å². The van der Waals surface area contributed by atoms with Crippen molar-refractivity contribution in [1.82, 2.24) is 10.7 Å². The molecule has 1 aliphatic heterocycles. The fraction of sp³-hybridized carbons (Fsp3) is 0.529. The van der Waals surface area contributed by atoms with Gasteiger partial charge in [-0.3, -0.25) is 4.79 Å². The van der Waals surface area contributed by atoms with Gasteiger partial charge in [-0.2, -0.15) is 5.10 Å². The number of halogens is 2. The highest BCUT2D eigenvalue weighted by Crippen LogP contribution is 2.26. The summed E-state index contributed by atoms with van der Waals surface area (Å²) >= 11 is 6.07. The van der Waals surface area contributed by atoms with Crippen molar-refractivity contribution >= 4 is 35.6 Å². The van der Waals surface area contributed by atoms with Crippen LogP contribution in [0.25, 0.3) is 0 Å². The lowest BCUT2D eigenvalue weighted by molar-refractivity contribution is -0.121. The standard InChI is InChI=1S/C17H24ClN3O3.ClH/c1-17(2,3)19-9-12(22)10-24-15-6-4-11(18)8-13(15)14-5-7-16(23)21-20-14;/h4,6,8,12,19,22H,5,7,9-10H2,1-3H3,(H,21,23);1H. The van der Waals surface area contributed by atoms with Crippen molar-refractivity contribution < 1.29 is 14.6 Å². The minimum atomic E-state index is -0.638. The predicted molar refractivity (Wildman–Crippen MR) is 102 cm³/mol. The van der Waals surface area contributed by atoms with Crippen molar-refractivity contribution in [1.29, 1.82) is 0 Å². The molecule has 1 atom stereocenters. The van der Waals surface area contributed by atoms with E-state index >= 15 is 0 Å². The number of β-amino-alcohol motifs (C(OH)–C–C–N with tert-alkyl or cyclic N) is 1. The van der Waals surface area contributed by atoms with Crippen molar-refractivity contribution in [3.63, 3.8) is 0 Å². The first kappa shape index (κ1) is 21.7. The number of hydrogen-bond acceptors (Lipinski definition) is 5. The van der Waals surface area contributed by atoms with E-state index in [4.69, 9.17) is 16.3 Å². The Morgan fingerprint density at radius 1 is 1.40 bits per heavy atom. The Kier molecular flexibility index (Phi) is 8.15. The van der Waals surface area contributed by atoms with Crippen LogP contribution in [0.5, 0.6) is 5.75 Å². The van der Waals surface area contributed by atoms with Crippen molar-refractivity contribution in [2.24, 2.45) is 5.10 Å². The van der Waals surface area contributed by atoms with Crippen LogP contribution in [0.4, 0.5) is 0 Å². The molecule has 1 aromatic carbocycles. The minimum absolute atomic E-state index is 0. The Morgan fingerprint density at radius 2 is 2.12 bits per heavy atom. The number of rotatable bonds is 6. The number of hydrogen-bond donors (Lipinski definition) is 3. The minimum Gasteiger partial charge on any atom is -0.490 e. The quantitative estimate of drug-likeness (QED) is 0.697. The first-order valence-corrected chi connectivity index (χ1v) is 8.33. The molecule has 1 heterocycles. The van der Waals surface area contributed by atoms with Crippen LogP contribution in [0, 0.1) is 0 Å². The second-order valence-electron chi connectivity index (χ2n) is 6.83. The zero-order valence-corrected chi connectivity index (χ0v) is 16.2. The average Bonchev–Trinajstić information content (AvgIpc) is 2.52. The summed E-state index contributed by atoms with van der Waals surface area (Å²) in [5.41, 5.74) is 3.85. The lowest BCUT2D eigenvalue weighted by Crippen LogP contribution is -2.42. The average molecular weight is 390 g/mol. The highest BCUT2D eigenvalue weighted by molar-refractivity contribution is 6.31. The van der Waals surface area contributed by atoms with Gasteiger partial charge in [0.15, 0.2) is 0 Å². The van der Waals surface area contributed by atoms with Crippen LogP contribution in [0.15, 0.2) is 23.3 Å². The van der Waals surface area contributed by atoms with Gasteiger partial charge in [-0.25, -0.2) is 5.43 Å². The summed E-state index contributed by atoms with van der Waals surface area (Å²) in [5, 5.41) is 17.9. The Morgan fingerprint density at radius 3 is 2.72 bits per heavy atom. The monoisotopic (exact) mass is 389 g/mol. The smallest absolute Gasteiger partial charge is 0.240 e. The van der Waals surface area contributed by atoms with Crippen LogP contribution in [-0.4, -0.2) is 41.5 Å². The molecule has 1 unspecified atom stereocenters. The summed E-state index contributed by atoms with van der Waals surface area (Å²) in [4.78, 5) is 11.2. The maximum atomic E-state index is 11.2. The van der Waals surface area contributed by atoms with Gasteiger partial charge in [-0.05, 0) is 39.0 Å². The second-order valence-corrected chi connectivity index (χ2v) is 7.27. The Hall–Kier alpha value is -1.34. The molecule has 1 amide bonds. The third-order valence-corrected chi connectivity index (χ3v) is 3.69. The first-order chi connectivity index (χ1) is 11.2. The van der Waals surface area contributed by atoms with E-state index in [9.17, 15) is 9.90 Å². The second kappa shape index (κ2) is 9.38. The van der Waals surface area contributed by atoms with Crippen molar-refractivity contribution in [2.75, 3.05) is 13.2 Å². The molecule has 140 valence electrons. The molecule has 6 nitrogen and oxygen atoms in total. The maximum Gasteiger partial charge on any atom is 0.240 e. The number of hydrazone groups is 1. The summed E-state index contributed by atoms with van der Waals surface area (Å²) in [7, 11) is 0. The van der Waals surface area contributed by atoms with Crippen LogP contribution in [0.2, 0.25) is 5.02 Å². The molecule has 0 saturated carbocycles. The third kappa shape index (κ3) is 7.20. The maximum absolute atomic E-state index is 11.2. The molecule has 0 bridgehead atoms. The first-order valence-electron chi connectivity index (χ1n) is 7.96. The van der Waals surface area contributed by atoms with E-state index in [2.05, 4.69) is 15.8 Å². The topological polar surface area (TPSA) is 82.9 Å². The van der Waals surface area contributed by atoms with Gasteiger partial charge in [-0.1, -0.05) is 11.6 Å². The molecule has 0 fully saturated rings. The molecular weight excluding hydrogens is 365 g/mol. The van der Waals surface area contributed by atoms with Crippen LogP contribution in [0.1, 0.15) is 39.2 Å². The van der Waals surface area contributed by atoms with Gasteiger partial charge in [-0.15, -0.1) is 12.4 Å². The molecule has 1 aliphatic rings. The molecule has 3 N–H and O–H groups in total. The molecule has 0 spiro atoms. The van der Waals surface area contributed by atoms with E-state index in [1.54, 1.807) is 18.2 Å². The number of nitrogens with one attached hydrogen (secondary N) is 2.